The second-order valence-electron chi connectivity index (χ2n) is 4.71. The Balaban J connectivity index is 1.99. The number of aryl methyl sites for hydroxylation is 1. The molecule has 2 aromatic rings. The van der Waals surface area contributed by atoms with Crippen molar-refractivity contribution in [3.8, 4) is 0 Å². The van der Waals surface area contributed by atoms with E-state index in [9.17, 15) is 8.42 Å². The normalized spacial score (nSPS) is 13.1. The van der Waals surface area contributed by atoms with Crippen LogP contribution in [0.25, 0.3) is 0 Å². The Hall–Kier alpha value is -2.00. The van der Waals surface area contributed by atoms with Crippen molar-refractivity contribution in [1.82, 2.24) is 24.9 Å². The van der Waals surface area contributed by atoms with Gasteiger partial charge in [-0.25, -0.2) is 13.1 Å². The first-order valence-corrected chi connectivity index (χ1v) is 7.90. The highest BCUT2D eigenvalue weighted by molar-refractivity contribution is 7.89. The molecule has 0 bridgehead atoms. The van der Waals surface area contributed by atoms with Crippen molar-refractivity contribution in [2.24, 2.45) is 7.05 Å². The third-order valence-electron chi connectivity index (χ3n) is 3.12. The fourth-order valence-corrected chi connectivity index (χ4v) is 2.68. The zero-order valence-electron chi connectivity index (χ0n) is 12.1. The summed E-state index contributed by atoms with van der Waals surface area (Å²) in [6.45, 7) is 2.17. The number of tetrazole rings is 1. The summed E-state index contributed by atoms with van der Waals surface area (Å²) >= 11 is 0. The number of para-hydroxylation sites is 1. The minimum atomic E-state index is -3.73. The Morgan fingerprint density at radius 2 is 2.00 bits per heavy atom. The maximum atomic E-state index is 12.0. The molecule has 9 heteroatoms. The van der Waals surface area contributed by atoms with E-state index < -0.39 is 10.0 Å². The molecule has 0 radical (unpaired) electrons. The number of nitrogens with zero attached hydrogens (tertiary/aromatic N) is 5. The van der Waals surface area contributed by atoms with Crippen LogP contribution in [0, 0.1) is 0 Å². The molecule has 0 aliphatic heterocycles. The molecule has 21 heavy (non-hydrogen) atoms. The van der Waals surface area contributed by atoms with E-state index in [2.05, 4.69) is 20.1 Å². The molecule has 0 saturated carbocycles. The van der Waals surface area contributed by atoms with Gasteiger partial charge in [-0.05, 0) is 24.3 Å². The molecule has 1 atom stereocenters. The van der Waals surface area contributed by atoms with Crippen molar-refractivity contribution in [3.63, 3.8) is 0 Å². The summed E-state index contributed by atoms with van der Waals surface area (Å²) in [5, 5.41) is 10.4. The Bertz CT molecular complexity index is 685. The molecule has 114 valence electrons. The number of hydrogen-bond acceptors (Lipinski definition) is 6. The molecular weight excluding hydrogens is 292 g/mol. The van der Waals surface area contributed by atoms with Crippen LogP contribution in [0.3, 0.4) is 0 Å². The first kappa shape index (κ1) is 15.4. The maximum absolute atomic E-state index is 12.0. The van der Waals surface area contributed by atoms with Gasteiger partial charge in [0.15, 0.2) is 0 Å². The number of anilines is 1. The fourth-order valence-electron chi connectivity index (χ4n) is 1.72. The maximum Gasteiger partial charge on any atom is 0.303 e. The van der Waals surface area contributed by atoms with E-state index in [1.165, 1.54) is 7.05 Å². The number of aromatic nitrogens is 4. The predicted molar refractivity (Wildman–Crippen MR) is 78.3 cm³/mol. The van der Waals surface area contributed by atoms with Crippen LogP contribution in [-0.4, -0.2) is 48.3 Å². The highest BCUT2D eigenvalue weighted by Gasteiger charge is 2.21. The summed E-state index contributed by atoms with van der Waals surface area (Å²) in [4.78, 5) is 3.10. The van der Waals surface area contributed by atoms with Gasteiger partial charge < -0.3 is 4.90 Å². The van der Waals surface area contributed by atoms with E-state index in [-0.39, 0.29) is 17.7 Å². The van der Waals surface area contributed by atoms with E-state index in [0.29, 0.717) is 0 Å². The SMILES string of the molecule is CC(CNS(=O)(=O)c1nnn(C)n1)N(C)c1ccccc1. The summed E-state index contributed by atoms with van der Waals surface area (Å²) in [5.74, 6) is 0. The van der Waals surface area contributed by atoms with Gasteiger partial charge in [0.05, 0.1) is 7.05 Å². The summed E-state index contributed by atoms with van der Waals surface area (Å²) in [5.41, 5.74) is 1.02. The Morgan fingerprint density at radius 1 is 1.33 bits per heavy atom. The largest absolute Gasteiger partial charge is 0.371 e. The molecule has 0 aliphatic carbocycles. The first-order chi connectivity index (χ1) is 9.90. The lowest BCUT2D eigenvalue weighted by molar-refractivity contribution is 0.559. The zero-order valence-corrected chi connectivity index (χ0v) is 12.9. The third kappa shape index (κ3) is 3.76. The van der Waals surface area contributed by atoms with Crippen molar-refractivity contribution < 1.29 is 8.42 Å². The quantitative estimate of drug-likeness (QED) is 0.808. The Kier molecular flexibility index (Phi) is 4.53. The average molecular weight is 310 g/mol. The minimum Gasteiger partial charge on any atom is -0.371 e. The van der Waals surface area contributed by atoms with Gasteiger partial charge in [-0.1, -0.05) is 23.3 Å². The van der Waals surface area contributed by atoms with Crippen molar-refractivity contribution in [2.75, 3.05) is 18.5 Å². The molecule has 0 spiro atoms. The Morgan fingerprint density at radius 3 is 2.57 bits per heavy atom. The van der Waals surface area contributed by atoms with E-state index in [1.54, 1.807) is 0 Å². The molecule has 1 aromatic carbocycles. The van der Waals surface area contributed by atoms with Crippen LogP contribution in [-0.2, 0) is 17.1 Å². The standard InChI is InChI=1S/C12H18N6O2S/c1-10(17(2)11-7-5-4-6-8-11)9-13-21(19,20)12-14-16-18(3)15-12/h4-8,10,13H,9H2,1-3H3. The van der Waals surface area contributed by atoms with E-state index in [0.717, 1.165) is 10.5 Å². The molecule has 1 aromatic heterocycles. The highest BCUT2D eigenvalue weighted by atomic mass is 32.2. The van der Waals surface area contributed by atoms with Crippen molar-refractivity contribution in [3.05, 3.63) is 30.3 Å². The third-order valence-corrected chi connectivity index (χ3v) is 4.31. The van der Waals surface area contributed by atoms with Crippen LogP contribution in [0.1, 0.15) is 6.92 Å². The zero-order chi connectivity index (χ0) is 15.5. The van der Waals surface area contributed by atoms with E-state index >= 15 is 0 Å². The summed E-state index contributed by atoms with van der Waals surface area (Å²) in [7, 11) is -0.309. The van der Waals surface area contributed by atoms with Gasteiger partial charge in [-0.2, -0.15) is 4.80 Å². The number of hydrogen-bond donors (Lipinski definition) is 1. The number of benzene rings is 1. The Labute approximate surface area is 123 Å². The van der Waals surface area contributed by atoms with Gasteiger partial charge in [-0.15, -0.1) is 5.10 Å². The lowest BCUT2D eigenvalue weighted by Crippen LogP contribution is -2.40. The first-order valence-electron chi connectivity index (χ1n) is 6.41. The van der Waals surface area contributed by atoms with Crippen LogP contribution in [0.4, 0.5) is 5.69 Å². The molecular formula is C12H18N6O2S. The van der Waals surface area contributed by atoms with Gasteiger partial charge >= 0.3 is 5.16 Å². The lowest BCUT2D eigenvalue weighted by atomic mass is 10.2. The molecule has 0 fully saturated rings. The number of sulfonamides is 1. The van der Waals surface area contributed by atoms with Gasteiger partial charge in [0, 0.05) is 25.3 Å². The van der Waals surface area contributed by atoms with E-state index in [4.69, 9.17) is 0 Å². The number of nitrogens with one attached hydrogen (secondary N) is 1. The van der Waals surface area contributed by atoms with Gasteiger partial charge in [0.1, 0.15) is 0 Å². The second-order valence-corrected chi connectivity index (χ2v) is 6.37. The van der Waals surface area contributed by atoms with Crippen LogP contribution < -0.4 is 9.62 Å². The van der Waals surface area contributed by atoms with Crippen LogP contribution >= 0.6 is 0 Å². The smallest absolute Gasteiger partial charge is 0.303 e. The predicted octanol–water partition coefficient (Wildman–Crippen LogP) is 0.0133. The number of rotatable bonds is 6. The topological polar surface area (TPSA) is 93.0 Å². The monoisotopic (exact) mass is 310 g/mol. The average Bonchev–Trinajstić information content (AvgIpc) is 2.92. The molecule has 0 aliphatic rings. The molecule has 1 N–H and O–H groups in total. The van der Waals surface area contributed by atoms with Crippen LogP contribution in [0.5, 0.6) is 0 Å². The molecule has 1 unspecified atom stereocenters. The molecule has 0 amide bonds. The van der Waals surface area contributed by atoms with E-state index in [1.807, 2.05) is 49.2 Å². The van der Waals surface area contributed by atoms with Crippen molar-refractivity contribution in [1.29, 1.82) is 0 Å². The molecule has 1 heterocycles. The second kappa shape index (κ2) is 6.19. The van der Waals surface area contributed by atoms with Gasteiger partial charge in [0.25, 0.3) is 10.0 Å². The summed E-state index contributed by atoms with van der Waals surface area (Å²) in [6, 6.07) is 9.71. The van der Waals surface area contributed by atoms with Gasteiger partial charge in [-0.3, -0.25) is 0 Å². The lowest BCUT2D eigenvalue weighted by Gasteiger charge is -2.26. The van der Waals surface area contributed by atoms with Crippen molar-refractivity contribution >= 4 is 15.7 Å². The fraction of sp³-hybridized carbons (Fsp3) is 0.417. The molecule has 0 saturated heterocycles. The van der Waals surface area contributed by atoms with Crippen LogP contribution in [0.2, 0.25) is 0 Å². The van der Waals surface area contributed by atoms with Crippen molar-refractivity contribution in [2.45, 2.75) is 18.1 Å². The summed E-state index contributed by atoms with van der Waals surface area (Å²) < 4.78 is 26.5. The molecule has 8 nitrogen and oxygen atoms in total. The molecule has 2 rings (SSSR count). The number of likely N-dealkylation sites (N-methyl/N-ethyl adjacent to an activating group) is 1. The highest BCUT2D eigenvalue weighted by Crippen LogP contribution is 2.13. The minimum absolute atomic E-state index is 0.0288. The summed E-state index contributed by atoms with van der Waals surface area (Å²) in [6.07, 6.45) is 0. The van der Waals surface area contributed by atoms with Crippen LogP contribution in [0.15, 0.2) is 35.5 Å². The van der Waals surface area contributed by atoms with Gasteiger partial charge in [0.2, 0.25) is 0 Å².